The first-order chi connectivity index (χ1) is 16.5. The van der Waals surface area contributed by atoms with Crippen molar-refractivity contribution in [2.24, 2.45) is 5.92 Å². The van der Waals surface area contributed by atoms with Crippen molar-refractivity contribution < 1.29 is 29.0 Å². The number of carbonyl (C=O) groups excluding carboxylic acids is 2. The Labute approximate surface area is 197 Å². The maximum atomic E-state index is 12.9. The Kier molecular flexibility index (Phi) is 7.22. The van der Waals surface area contributed by atoms with Gasteiger partial charge in [-0.05, 0) is 49.1 Å². The van der Waals surface area contributed by atoms with Crippen LogP contribution in [0.2, 0.25) is 0 Å². The quantitative estimate of drug-likeness (QED) is 0.209. The van der Waals surface area contributed by atoms with E-state index in [1.54, 1.807) is 42.2 Å². The number of hydrogen-bond donors (Lipinski definition) is 0. The average molecular weight is 466 g/mol. The Morgan fingerprint density at radius 1 is 1.29 bits per heavy atom. The minimum absolute atomic E-state index is 0.0529. The molecular formula is C25H26N2O7. The molecule has 0 spiro atoms. The number of likely N-dealkylation sites (tertiary alicyclic amines) is 1. The van der Waals surface area contributed by atoms with Gasteiger partial charge in [0.05, 0.1) is 29.6 Å². The fourth-order valence-electron chi connectivity index (χ4n) is 4.33. The molecule has 1 fully saturated rings. The molecule has 0 aromatic heterocycles. The third kappa shape index (κ3) is 5.09. The number of benzene rings is 2. The van der Waals surface area contributed by atoms with E-state index in [4.69, 9.17) is 14.5 Å². The summed E-state index contributed by atoms with van der Waals surface area (Å²) in [6.45, 7) is 3.31. The largest absolute Gasteiger partial charge is 0.466 e. The summed E-state index contributed by atoms with van der Waals surface area (Å²) in [4.78, 5) is 48.1. The van der Waals surface area contributed by atoms with E-state index in [9.17, 15) is 19.7 Å². The van der Waals surface area contributed by atoms with Gasteiger partial charge in [-0.3, -0.25) is 19.7 Å². The van der Waals surface area contributed by atoms with Crippen molar-refractivity contribution in [3.63, 3.8) is 0 Å². The van der Waals surface area contributed by atoms with Crippen LogP contribution in [-0.2, 0) is 25.6 Å². The molecule has 2 aliphatic heterocycles. The normalized spacial score (nSPS) is 17.7. The minimum atomic E-state index is -0.428. The summed E-state index contributed by atoms with van der Waals surface area (Å²) < 4.78 is 5.10. The van der Waals surface area contributed by atoms with Crippen molar-refractivity contribution in [1.29, 1.82) is 0 Å². The van der Waals surface area contributed by atoms with Crippen LogP contribution in [-0.4, -0.2) is 48.0 Å². The zero-order valence-corrected chi connectivity index (χ0v) is 18.9. The highest BCUT2D eigenvalue weighted by Gasteiger charge is 2.28. The number of amides is 1. The van der Waals surface area contributed by atoms with Gasteiger partial charge in [-0.1, -0.05) is 18.2 Å². The number of rotatable bonds is 6. The third-order valence-electron chi connectivity index (χ3n) is 5.98. The fraction of sp³-hybridized carbons (Fsp3) is 0.360. The predicted octanol–water partition coefficient (Wildman–Crippen LogP) is 3.94. The number of nitro groups is 1. The lowest BCUT2D eigenvalue weighted by molar-refractivity contribution is -0.384. The number of carbonyl (C=O) groups is 2. The standard InChI is InChI=1S/C25H26N2O7/c1-2-32-25(29)20-6-4-13-26(16-20)23(28)11-9-17-5-3-7-21(27(30)31)24(17)19-8-10-22-18(15-19)12-14-33-34-22/h3,5,7-11,15,20H,2,4,6,12-14,16H2,1H3/b11-9+. The first kappa shape index (κ1) is 23.4. The molecular weight excluding hydrogens is 440 g/mol. The molecule has 1 saturated heterocycles. The summed E-state index contributed by atoms with van der Waals surface area (Å²) >= 11 is 0. The molecule has 9 heteroatoms. The van der Waals surface area contributed by atoms with Gasteiger partial charge in [-0.2, -0.15) is 4.89 Å². The van der Waals surface area contributed by atoms with Crippen LogP contribution in [0.3, 0.4) is 0 Å². The van der Waals surface area contributed by atoms with Crippen molar-refractivity contribution >= 4 is 23.6 Å². The Morgan fingerprint density at radius 3 is 2.94 bits per heavy atom. The minimum Gasteiger partial charge on any atom is -0.466 e. The third-order valence-corrected chi connectivity index (χ3v) is 5.98. The van der Waals surface area contributed by atoms with Crippen LogP contribution < -0.4 is 4.89 Å². The summed E-state index contributed by atoms with van der Waals surface area (Å²) in [7, 11) is 0. The van der Waals surface area contributed by atoms with Crippen LogP contribution in [0.25, 0.3) is 17.2 Å². The Morgan fingerprint density at radius 2 is 2.15 bits per heavy atom. The number of fused-ring (bicyclic) bond motifs is 1. The summed E-state index contributed by atoms with van der Waals surface area (Å²) in [6, 6.07) is 10.1. The zero-order valence-electron chi connectivity index (χ0n) is 18.9. The maximum Gasteiger partial charge on any atom is 0.310 e. The van der Waals surface area contributed by atoms with Crippen LogP contribution in [0, 0.1) is 16.0 Å². The van der Waals surface area contributed by atoms with E-state index in [0.29, 0.717) is 68.0 Å². The molecule has 4 rings (SSSR count). The highest BCUT2D eigenvalue weighted by atomic mass is 17.2. The summed E-state index contributed by atoms with van der Waals surface area (Å²) in [5.74, 6) is -0.280. The molecule has 0 bridgehead atoms. The number of ether oxygens (including phenoxy) is 1. The van der Waals surface area contributed by atoms with Crippen LogP contribution in [0.15, 0.2) is 42.5 Å². The van der Waals surface area contributed by atoms with E-state index < -0.39 is 4.92 Å². The monoisotopic (exact) mass is 466 g/mol. The van der Waals surface area contributed by atoms with Crippen LogP contribution in [0.5, 0.6) is 5.75 Å². The van der Waals surface area contributed by atoms with Crippen molar-refractivity contribution in [1.82, 2.24) is 4.90 Å². The second-order valence-electron chi connectivity index (χ2n) is 8.19. The lowest BCUT2D eigenvalue weighted by Crippen LogP contribution is -2.42. The van der Waals surface area contributed by atoms with E-state index in [0.717, 1.165) is 5.56 Å². The van der Waals surface area contributed by atoms with Gasteiger partial charge in [0.25, 0.3) is 5.69 Å². The molecule has 0 saturated carbocycles. The summed E-state index contributed by atoms with van der Waals surface area (Å²) in [6.07, 6.45) is 5.04. The number of esters is 1. The maximum absolute atomic E-state index is 12.9. The lowest BCUT2D eigenvalue weighted by Gasteiger charge is -2.30. The molecule has 9 nitrogen and oxygen atoms in total. The summed E-state index contributed by atoms with van der Waals surface area (Å²) in [5, 5.41) is 11.8. The predicted molar refractivity (Wildman–Crippen MR) is 124 cm³/mol. The second-order valence-corrected chi connectivity index (χ2v) is 8.19. The molecule has 0 radical (unpaired) electrons. The SMILES string of the molecule is CCOC(=O)C1CCCN(C(=O)/C=C/c2cccc([N+](=O)[O-])c2-c2ccc3c(c2)CCOO3)C1. The van der Waals surface area contributed by atoms with Crippen molar-refractivity contribution in [3.05, 3.63) is 63.7 Å². The Hall–Kier alpha value is -3.72. The van der Waals surface area contributed by atoms with E-state index >= 15 is 0 Å². The molecule has 1 unspecified atom stereocenters. The molecule has 2 aliphatic rings. The molecule has 178 valence electrons. The van der Waals surface area contributed by atoms with Gasteiger partial charge in [0.1, 0.15) is 0 Å². The smallest absolute Gasteiger partial charge is 0.310 e. The molecule has 2 aromatic carbocycles. The van der Waals surface area contributed by atoms with Gasteiger partial charge in [-0.15, -0.1) is 0 Å². The number of hydrogen-bond acceptors (Lipinski definition) is 7. The highest BCUT2D eigenvalue weighted by molar-refractivity contribution is 5.94. The van der Waals surface area contributed by atoms with Gasteiger partial charge >= 0.3 is 5.97 Å². The van der Waals surface area contributed by atoms with E-state index in [2.05, 4.69) is 0 Å². The van der Waals surface area contributed by atoms with E-state index in [1.165, 1.54) is 12.1 Å². The second kappa shape index (κ2) is 10.5. The highest BCUT2D eigenvalue weighted by Crippen LogP contribution is 2.37. The van der Waals surface area contributed by atoms with Gasteiger partial charge in [0.2, 0.25) is 5.91 Å². The van der Waals surface area contributed by atoms with Crippen LogP contribution >= 0.6 is 0 Å². The molecule has 0 aliphatic carbocycles. The average Bonchev–Trinajstić information content (AvgIpc) is 2.86. The topological polar surface area (TPSA) is 108 Å². The first-order valence-corrected chi connectivity index (χ1v) is 11.3. The van der Waals surface area contributed by atoms with Gasteiger partial charge < -0.3 is 14.5 Å². The van der Waals surface area contributed by atoms with Crippen molar-refractivity contribution in [3.8, 4) is 16.9 Å². The molecule has 34 heavy (non-hydrogen) atoms. The van der Waals surface area contributed by atoms with Gasteiger partial charge in [0.15, 0.2) is 5.75 Å². The first-order valence-electron chi connectivity index (χ1n) is 11.3. The molecule has 2 aromatic rings. The molecule has 0 N–H and O–H groups in total. The van der Waals surface area contributed by atoms with Crippen LogP contribution in [0.4, 0.5) is 5.69 Å². The zero-order chi connectivity index (χ0) is 24.1. The lowest BCUT2D eigenvalue weighted by atomic mass is 9.94. The van der Waals surface area contributed by atoms with E-state index in [1.807, 2.05) is 6.07 Å². The molecule has 1 amide bonds. The van der Waals surface area contributed by atoms with Gasteiger partial charge in [0, 0.05) is 37.2 Å². The number of nitro benzene ring substituents is 1. The number of nitrogens with zero attached hydrogens (tertiary/aromatic N) is 2. The Balaban J connectivity index is 1.61. The van der Waals surface area contributed by atoms with Crippen molar-refractivity contribution in [2.75, 3.05) is 26.3 Å². The summed E-state index contributed by atoms with van der Waals surface area (Å²) in [5.41, 5.74) is 2.47. The number of piperidine rings is 1. The Bertz CT molecular complexity index is 1130. The molecule has 1 atom stereocenters. The fourth-order valence-corrected chi connectivity index (χ4v) is 4.33. The van der Waals surface area contributed by atoms with Gasteiger partial charge in [-0.25, -0.2) is 0 Å². The van der Waals surface area contributed by atoms with E-state index in [-0.39, 0.29) is 23.5 Å². The van der Waals surface area contributed by atoms with Crippen molar-refractivity contribution in [2.45, 2.75) is 26.2 Å². The molecule has 2 heterocycles. The van der Waals surface area contributed by atoms with Crippen LogP contribution in [0.1, 0.15) is 30.9 Å².